The lowest BCUT2D eigenvalue weighted by Crippen LogP contribution is -2.00. The number of fused-ring (bicyclic) bond motifs is 3. The molecule has 0 amide bonds. The number of aryl methyl sites for hydroxylation is 2. The Labute approximate surface area is 248 Å². The normalized spacial score (nSPS) is 12.7. The first-order valence-electron chi connectivity index (χ1n) is 15.2. The van der Waals surface area contributed by atoms with Crippen LogP contribution in [0.3, 0.4) is 0 Å². The Morgan fingerprint density at radius 1 is 0.738 bits per heavy atom. The standard InChI is InChI=1S/C36H30N4O2/c1-23-13-16-33-32(19-23)31-15-14-30(21-34(31)39(33)35-22-28(41-4)17-18-37-35)42-29-12-8-11-27(20-29)40-25(3)36(24(2)38-40)26-9-6-5-7-10-26/h5-22H,1-4H3/i1D3. The summed E-state index contributed by atoms with van der Waals surface area (Å²) in [5, 5.41) is 6.56. The number of rotatable bonds is 6. The van der Waals surface area contributed by atoms with Gasteiger partial charge in [0.25, 0.3) is 0 Å². The van der Waals surface area contributed by atoms with Crippen LogP contribution in [0.5, 0.6) is 17.2 Å². The molecule has 7 rings (SSSR count). The molecule has 0 bridgehead atoms. The van der Waals surface area contributed by atoms with E-state index in [0.717, 1.165) is 50.0 Å². The lowest BCUT2D eigenvalue weighted by Gasteiger charge is -2.11. The topological polar surface area (TPSA) is 54.1 Å². The van der Waals surface area contributed by atoms with Gasteiger partial charge in [-0.3, -0.25) is 4.57 Å². The number of nitrogens with zero attached hydrogens (tertiary/aromatic N) is 4. The van der Waals surface area contributed by atoms with Gasteiger partial charge in [0.1, 0.15) is 23.1 Å². The number of hydrogen-bond donors (Lipinski definition) is 0. The van der Waals surface area contributed by atoms with E-state index in [1.54, 1.807) is 31.5 Å². The summed E-state index contributed by atoms with van der Waals surface area (Å²) < 4.78 is 39.7. The van der Waals surface area contributed by atoms with Crippen molar-refractivity contribution < 1.29 is 13.6 Å². The fraction of sp³-hybridized carbons (Fsp3) is 0.111. The Bertz CT molecular complexity index is 2200. The van der Waals surface area contributed by atoms with Crippen molar-refractivity contribution in [2.45, 2.75) is 20.7 Å². The van der Waals surface area contributed by atoms with Gasteiger partial charge >= 0.3 is 0 Å². The average molecular weight is 554 g/mol. The summed E-state index contributed by atoms with van der Waals surface area (Å²) in [5.74, 6) is 2.60. The lowest BCUT2D eigenvalue weighted by molar-refractivity contribution is 0.414. The van der Waals surface area contributed by atoms with Gasteiger partial charge in [-0.1, -0.05) is 48.0 Å². The molecule has 0 fully saturated rings. The first-order valence-corrected chi connectivity index (χ1v) is 13.7. The zero-order valence-electron chi connectivity index (χ0n) is 26.5. The number of methoxy groups -OCH3 is 1. The second-order valence-corrected chi connectivity index (χ2v) is 10.2. The zero-order chi connectivity index (χ0) is 31.3. The molecule has 3 heterocycles. The molecule has 6 heteroatoms. The van der Waals surface area contributed by atoms with Crippen LogP contribution in [0.15, 0.2) is 109 Å². The highest BCUT2D eigenvalue weighted by Gasteiger charge is 2.17. The summed E-state index contributed by atoms with van der Waals surface area (Å²) in [4.78, 5) is 4.62. The number of aromatic nitrogens is 4. The molecule has 4 aromatic carbocycles. The highest BCUT2D eigenvalue weighted by atomic mass is 16.5. The van der Waals surface area contributed by atoms with E-state index in [0.29, 0.717) is 23.1 Å². The Morgan fingerprint density at radius 3 is 2.43 bits per heavy atom. The number of benzene rings is 4. The largest absolute Gasteiger partial charge is 0.497 e. The third-order valence-corrected chi connectivity index (χ3v) is 7.57. The maximum atomic E-state index is 7.96. The summed E-state index contributed by atoms with van der Waals surface area (Å²) in [6, 6.07) is 32.8. The molecular weight excluding hydrogens is 520 g/mol. The highest BCUT2D eigenvalue weighted by Crippen LogP contribution is 2.36. The summed E-state index contributed by atoms with van der Waals surface area (Å²) in [7, 11) is 1.61. The third kappa shape index (κ3) is 4.38. The van der Waals surface area contributed by atoms with Gasteiger partial charge in [-0.2, -0.15) is 5.10 Å². The van der Waals surface area contributed by atoms with Gasteiger partial charge in [-0.05, 0) is 68.7 Å². The molecule has 0 radical (unpaired) electrons. The molecular formula is C36H30N4O2. The van der Waals surface area contributed by atoms with Crippen LogP contribution in [-0.2, 0) is 0 Å². The van der Waals surface area contributed by atoms with Gasteiger partial charge in [-0.25, -0.2) is 9.67 Å². The Balaban J connectivity index is 1.31. The van der Waals surface area contributed by atoms with Crippen molar-refractivity contribution in [2.24, 2.45) is 0 Å². The lowest BCUT2D eigenvalue weighted by atomic mass is 10.0. The van der Waals surface area contributed by atoms with E-state index >= 15 is 0 Å². The molecule has 3 aromatic heterocycles. The first kappa shape index (κ1) is 22.3. The van der Waals surface area contributed by atoms with E-state index < -0.39 is 6.85 Å². The van der Waals surface area contributed by atoms with E-state index in [2.05, 4.69) is 24.0 Å². The van der Waals surface area contributed by atoms with Crippen LogP contribution in [0, 0.1) is 20.7 Å². The van der Waals surface area contributed by atoms with Gasteiger partial charge in [0.2, 0.25) is 0 Å². The fourth-order valence-corrected chi connectivity index (χ4v) is 5.69. The minimum atomic E-state index is -2.22. The summed E-state index contributed by atoms with van der Waals surface area (Å²) in [6.45, 7) is 1.88. The minimum Gasteiger partial charge on any atom is -0.497 e. The highest BCUT2D eigenvalue weighted by molar-refractivity contribution is 6.09. The Morgan fingerprint density at radius 2 is 1.60 bits per heavy atom. The summed E-state index contributed by atoms with van der Waals surface area (Å²) in [6.07, 6.45) is 1.69. The van der Waals surface area contributed by atoms with Crippen LogP contribution in [0.25, 0.3) is 44.4 Å². The van der Waals surface area contributed by atoms with Gasteiger partial charge in [-0.15, -0.1) is 0 Å². The number of pyridine rings is 1. The van der Waals surface area contributed by atoms with Crippen molar-refractivity contribution in [1.29, 1.82) is 0 Å². The maximum absolute atomic E-state index is 7.96. The van der Waals surface area contributed by atoms with Crippen LogP contribution in [-0.4, -0.2) is 26.4 Å². The predicted octanol–water partition coefficient (Wildman–Crippen LogP) is 8.76. The van der Waals surface area contributed by atoms with Crippen LogP contribution in [0.4, 0.5) is 0 Å². The predicted molar refractivity (Wildman–Crippen MR) is 168 cm³/mol. The van der Waals surface area contributed by atoms with Crippen molar-refractivity contribution in [3.63, 3.8) is 0 Å². The second-order valence-electron chi connectivity index (χ2n) is 10.2. The molecule has 206 valence electrons. The molecule has 0 atom stereocenters. The maximum Gasteiger partial charge on any atom is 0.141 e. The van der Waals surface area contributed by atoms with E-state index in [1.165, 1.54) is 0 Å². The molecule has 0 aliphatic rings. The molecule has 0 N–H and O–H groups in total. The second kappa shape index (κ2) is 10.2. The molecule has 0 saturated heterocycles. The SMILES string of the molecule is [2H]C([2H])([2H])c1ccc2c(c1)c1ccc(Oc3cccc(-n4nc(C)c(-c5ccccc5)c4C)c3)cc1n2-c1cc(OC)ccn1. The van der Waals surface area contributed by atoms with Crippen LogP contribution >= 0.6 is 0 Å². The molecule has 0 saturated carbocycles. The molecule has 7 aromatic rings. The van der Waals surface area contributed by atoms with Crippen LogP contribution < -0.4 is 9.47 Å². The van der Waals surface area contributed by atoms with Crippen LogP contribution in [0.2, 0.25) is 0 Å². The third-order valence-electron chi connectivity index (χ3n) is 7.57. The minimum absolute atomic E-state index is 0.282. The molecule has 0 aliphatic carbocycles. The van der Waals surface area contributed by atoms with Crippen molar-refractivity contribution in [3.8, 4) is 39.9 Å². The quantitative estimate of drug-likeness (QED) is 0.207. The molecule has 0 aliphatic heterocycles. The average Bonchev–Trinajstić information content (AvgIpc) is 3.53. The summed E-state index contributed by atoms with van der Waals surface area (Å²) in [5.41, 5.74) is 7.08. The number of hydrogen-bond acceptors (Lipinski definition) is 4. The van der Waals surface area contributed by atoms with E-state index in [4.69, 9.17) is 18.7 Å². The van der Waals surface area contributed by atoms with Gasteiger partial charge in [0.05, 0.1) is 29.5 Å². The van der Waals surface area contributed by atoms with Crippen molar-refractivity contribution in [2.75, 3.05) is 7.11 Å². The Hall–Kier alpha value is -5.36. The molecule has 42 heavy (non-hydrogen) atoms. The van der Waals surface area contributed by atoms with E-state index in [9.17, 15) is 0 Å². The van der Waals surface area contributed by atoms with Crippen molar-refractivity contribution in [3.05, 3.63) is 126 Å². The van der Waals surface area contributed by atoms with Crippen LogP contribution in [0.1, 0.15) is 21.1 Å². The molecule has 6 nitrogen and oxygen atoms in total. The van der Waals surface area contributed by atoms with E-state index in [-0.39, 0.29) is 5.56 Å². The Kier molecular flexibility index (Phi) is 5.44. The van der Waals surface area contributed by atoms with Crippen molar-refractivity contribution >= 4 is 21.8 Å². The number of ether oxygens (including phenoxy) is 2. The monoisotopic (exact) mass is 553 g/mol. The van der Waals surface area contributed by atoms with Gasteiger partial charge < -0.3 is 9.47 Å². The van der Waals surface area contributed by atoms with E-state index in [1.807, 2.05) is 89.0 Å². The van der Waals surface area contributed by atoms with Gasteiger partial charge in [0, 0.05) is 50.5 Å². The zero-order valence-corrected chi connectivity index (χ0v) is 23.5. The molecule has 0 spiro atoms. The smallest absolute Gasteiger partial charge is 0.141 e. The van der Waals surface area contributed by atoms with Gasteiger partial charge in [0.15, 0.2) is 0 Å². The summed E-state index contributed by atoms with van der Waals surface area (Å²) >= 11 is 0. The molecule has 0 unspecified atom stereocenters. The fourth-order valence-electron chi connectivity index (χ4n) is 5.69. The van der Waals surface area contributed by atoms with Crippen molar-refractivity contribution in [1.82, 2.24) is 19.3 Å². The first-order chi connectivity index (χ1) is 21.7.